The SMILES string of the molecule is O=C1CN(C(=O)Nc2ccc(-n3cccn3)cc2)[C@H]2CCCC[C@H]2N1. The second kappa shape index (κ2) is 6.58. The summed E-state index contributed by atoms with van der Waals surface area (Å²) in [5.41, 5.74) is 1.63. The molecule has 1 saturated heterocycles. The Hall–Kier alpha value is -2.83. The lowest BCUT2D eigenvalue weighted by molar-refractivity contribution is -0.126. The highest BCUT2D eigenvalue weighted by molar-refractivity contribution is 5.93. The summed E-state index contributed by atoms with van der Waals surface area (Å²) in [5, 5.41) is 10.1. The molecule has 130 valence electrons. The number of carbonyl (C=O) groups excluding carboxylic acids is 2. The van der Waals surface area contributed by atoms with Crippen molar-refractivity contribution in [3.05, 3.63) is 42.7 Å². The van der Waals surface area contributed by atoms with Crippen LogP contribution in [0.2, 0.25) is 0 Å². The lowest BCUT2D eigenvalue weighted by Gasteiger charge is -2.43. The number of nitrogens with one attached hydrogen (secondary N) is 2. The molecular weight excluding hydrogens is 318 g/mol. The van der Waals surface area contributed by atoms with Crippen molar-refractivity contribution in [1.82, 2.24) is 20.0 Å². The molecule has 2 heterocycles. The largest absolute Gasteiger partial charge is 0.350 e. The van der Waals surface area contributed by atoms with Gasteiger partial charge >= 0.3 is 6.03 Å². The zero-order valence-corrected chi connectivity index (χ0v) is 13.9. The van der Waals surface area contributed by atoms with Crippen molar-refractivity contribution in [3.8, 4) is 5.69 Å². The molecule has 2 aliphatic rings. The van der Waals surface area contributed by atoms with Gasteiger partial charge in [0, 0.05) is 24.1 Å². The molecule has 1 saturated carbocycles. The summed E-state index contributed by atoms with van der Waals surface area (Å²) in [7, 11) is 0. The number of carbonyl (C=O) groups is 2. The average Bonchev–Trinajstić information content (AvgIpc) is 3.16. The summed E-state index contributed by atoms with van der Waals surface area (Å²) in [4.78, 5) is 26.3. The highest BCUT2D eigenvalue weighted by Gasteiger charge is 2.38. The first-order chi connectivity index (χ1) is 12.2. The van der Waals surface area contributed by atoms with E-state index in [1.807, 2.05) is 36.5 Å². The summed E-state index contributed by atoms with van der Waals surface area (Å²) in [6.07, 6.45) is 7.67. The molecule has 2 atom stereocenters. The van der Waals surface area contributed by atoms with Crippen LogP contribution in [0.15, 0.2) is 42.7 Å². The van der Waals surface area contributed by atoms with E-state index in [-0.39, 0.29) is 30.6 Å². The van der Waals surface area contributed by atoms with Gasteiger partial charge in [-0.25, -0.2) is 9.48 Å². The number of benzene rings is 1. The third kappa shape index (κ3) is 3.22. The predicted octanol–water partition coefficient (Wildman–Crippen LogP) is 2.15. The van der Waals surface area contributed by atoms with Crippen molar-refractivity contribution in [1.29, 1.82) is 0 Å². The Morgan fingerprint density at radius 2 is 2.00 bits per heavy atom. The number of hydrogen-bond donors (Lipinski definition) is 2. The fourth-order valence-electron chi connectivity index (χ4n) is 3.71. The van der Waals surface area contributed by atoms with Gasteiger partial charge in [-0.3, -0.25) is 4.79 Å². The first-order valence-corrected chi connectivity index (χ1v) is 8.68. The van der Waals surface area contributed by atoms with E-state index in [1.54, 1.807) is 15.8 Å². The molecule has 0 bridgehead atoms. The second-order valence-electron chi connectivity index (χ2n) is 6.58. The van der Waals surface area contributed by atoms with Crippen LogP contribution in [0.1, 0.15) is 25.7 Å². The van der Waals surface area contributed by atoms with E-state index in [9.17, 15) is 9.59 Å². The summed E-state index contributed by atoms with van der Waals surface area (Å²) in [6, 6.07) is 9.31. The zero-order valence-electron chi connectivity index (χ0n) is 13.9. The maximum absolute atomic E-state index is 12.7. The van der Waals surface area contributed by atoms with Gasteiger partial charge in [0.2, 0.25) is 5.91 Å². The Morgan fingerprint density at radius 3 is 2.76 bits per heavy atom. The Kier molecular flexibility index (Phi) is 4.13. The van der Waals surface area contributed by atoms with Crippen LogP contribution < -0.4 is 10.6 Å². The van der Waals surface area contributed by atoms with Gasteiger partial charge in [0.05, 0.1) is 11.7 Å². The van der Waals surface area contributed by atoms with Gasteiger partial charge in [0.15, 0.2) is 0 Å². The van der Waals surface area contributed by atoms with Gasteiger partial charge in [-0.1, -0.05) is 12.8 Å². The lowest BCUT2D eigenvalue weighted by atomic mass is 9.87. The molecule has 1 aliphatic heterocycles. The van der Waals surface area contributed by atoms with Gasteiger partial charge in [-0.15, -0.1) is 0 Å². The van der Waals surface area contributed by atoms with Crippen LogP contribution in [0.4, 0.5) is 10.5 Å². The average molecular weight is 339 g/mol. The van der Waals surface area contributed by atoms with Crippen LogP contribution >= 0.6 is 0 Å². The molecule has 7 nitrogen and oxygen atoms in total. The van der Waals surface area contributed by atoms with Crippen molar-refractivity contribution in [2.45, 2.75) is 37.8 Å². The summed E-state index contributed by atoms with van der Waals surface area (Å²) in [6.45, 7) is 0.123. The van der Waals surface area contributed by atoms with E-state index in [4.69, 9.17) is 0 Å². The van der Waals surface area contributed by atoms with Crippen LogP contribution in [0, 0.1) is 0 Å². The van der Waals surface area contributed by atoms with Crippen molar-refractivity contribution in [2.75, 3.05) is 11.9 Å². The number of urea groups is 1. The molecule has 25 heavy (non-hydrogen) atoms. The minimum atomic E-state index is -0.210. The van der Waals surface area contributed by atoms with Crippen LogP contribution in [-0.4, -0.2) is 45.2 Å². The summed E-state index contributed by atoms with van der Waals surface area (Å²) in [5.74, 6) is -0.0765. The standard InChI is InChI=1S/C18H21N5O2/c24-17-12-22(16-5-2-1-4-15(16)21-17)18(25)20-13-6-8-14(9-7-13)23-11-3-10-19-23/h3,6-11,15-16H,1-2,4-5,12H2,(H,20,25)(H,21,24)/t15-,16+/m1/s1. The molecule has 0 unspecified atom stereocenters. The first kappa shape index (κ1) is 15.7. The smallest absolute Gasteiger partial charge is 0.322 e. The van der Waals surface area contributed by atoms with E-state index in [0.29, 0.717) is 5.69 Å². The molecule has 2 fully saturated rings. The monoisotopic (exact) mass is 339 g/mol. The van der Waals surface area contributed by atoms with E-state index < -0.39 is 0 Å². The Bertz CT molecular complexity index is 756. The number of hydrogen-bond acceptors (Lipinski definition) is 3. The molecule has 2 aromatic rings. The van der Waals surface area contributed by atoms with Gasteiger partial charge in [0.25, 0.3) is 0 Å². The third-order valence-corrected chi connectivity index (χ3v) is 4.94. The highest BCUT2D eigenvalue weighted by atomic mass is 16.2. The molecule has 0 radical (unpaired) electrons. The second-order valence-corrected chi connectivity index (χ2v) is 6.58. The molecular formula is C18H21N5O2. The zero-order chi connectivity index (χ0) is 17.2. The number of amides is 3. The Labute approximate surface area is 146 Å². The van der Waals surface area contributed by atoms with Crippen LogP contribution in [0.25, 0.3) is 5.69 Å². The number of aromatic nitrogens is 2. The molecule has 1 aromatic carbocycles. The summed E-state index contributed by atoms with van der Waals surface area (Å²) < 4.78 is 1.76. The number of piperazine rings is 1. The number of anilines is 1. The van der Waals surface area contributed by atoms with Gasteiger partial charge in [-0.2, -0.15) is 5.10 Å². The molecule has 2 N–H and O–H groups in total. The number of fused-ring (bicyclic) bond motifs is 1. The molecule has 3 amide bonds. The topological polar surface area (TPSA) is 79.3 Å². The maximum Gasteiger partial charge on any atom is 0.322 e. The quantitative estimate of drug-likeness (QED) is 0.880. The van der Waals surface area contributed by atoms with E-state index >= 15 is 0 Å². The first-order valence-electron chi connectivity index (χ1n) is 8.68. The van der Waals surface area contributed by atoms with E-state index in [0.717, 1.165) is 31.4 Å². The summed E-state index contributed by atoms with van der Waals surface area (Å²) >= 11 is 0. The van der Waals surface area contributed by atoms with Crippen molar-refractivity contribution in [3.63, 3.8) is 0 Å². The van der Waals surface area contributed by atoms with Gasteiger partial charge in [0.1, 0.15) is 6.54 Å². The minimum absolute atomic E-state index is 0.0765. The Balaban J connectivity index is 1.46. The molecule has 1 aliphatic carbocycles. The molecule has 7 heteroatoms. The molecule has 1 aromatic heterocycles. The third-order valence-electron chi connectivity index (χ3n) is 4.94. The molecule has 4 rings (SSSR count). The maximum atomic E-state index is 12.7. The van der Waals surface area contributed by atoms with E-state index in [1.165, 1.54) is 0 Å². The van der Waals surface area contributed by atoms with E-state index in [2.05, 4.69) is 15.7 Å². The molecule has 0 spiro atoms. The lowest BCUT2D eigenvalue weighted by Crippen LogP contribution is -2.63. The van der Waals surface area contributed by atoms with Crippen molar-refractivity contribution < 1.29 is 9.59 Å². The van der Waals surface area contributed by atoms with Gasteiger partial charge < -0.3 is 15.5 Å². The highest BCUT2D eigenvalue weighted by Crippen LogP contribution is 2.26. The fraction of sp³-hybridized carbons (Fsp3) is 0.389. The number of nitrogens with zero attached hydrogens (tertiary/aromatic N) is 3. The Morgan fingerprint density at radius 1 is 1.20 bits per heavy atom. The fourth-order valence-corrected chi connectivity index (χ4v) is 3.71. The predicted molar refractivity (Wildman–Crippen MR) is 93.5 cm³/mol. The van der Waals surface area contributed by atoms with Crippen LogP contribution in [0.3, 0.4) is 0 Å². The van der Waals surface area contributed by atoms with Crippen LogP contribution in [-0.2, 0) is 4.79 Å². The minimum Gasteiger partial charge on any atom is -0.350 e. The van der Waals surface area contributed by atoms with Crippen molar-refractivity contribution in [2.24, 2.45) is 0 Å². The van der Waals surface area contributed by atoms with Gasteiger partial charge in [-0.05, 0) is 43.2 Å². The van der Waals surface area contributed by atoms with Crippen LogP contribution in [0.5, 0.6) is 0 Å². The normalized spacial score (nSPS) is 22.9. The van der Waals surface area contributed by atoms with Crippen molar-refractivity contribution >= 4 is 17.6 Å². The number of rotatable bonds is 2.